The van der Waals surface area contributed by atoms with Crippen LogP contribution in [0.1, 0.15) is 30.0 Å². The van der Waals surface area contributed by atoms with E-state index in [0.717, 1.165) is 23.9 Å². The summed E-state index contributed by atoms with van der Waals surface area (Å²) in [5, 5.41) is 3.37. The predicted octanol–water partition coefficient (Wildman–Crippen LogP) is 3.44. The number of ether oxygens (including phenoxy) is 1. The Bertz CT molecular complexity index is 328. The van der Waals surface area contributed by atoms with Crippen LogP contribution in [-0.4, -0.2) is 20.8 Å². The average Bonchev–Trinajstić information content (AvgIpc) is 2.28. The summed E-state index contributed by atoms with van der Waals surface area (Å²) in [4.78, 5) is 0. The van der Waals surface area contributed by atoms with Crippen molar-refractivity contribution in [2.75, 3.05) is 20.8 Å². The number of nitrogens with one attached hydrogen (secondary N) is 1. The molecule has 0 bridgehead atoms. The molecule has 0 aliphatic carbocycles. The minimum Gasteiger partial charge on any atom is -0.385 e. The van der Waals surface area contributed by atoms with Gasteiger partial charge in [0.15, 0.2) is 0 Å². The third-order valence-electron chi connectivity index (χ3n) is 2.81. The van der Waals surface area contributed by atoms with Crippen LogP contribution >= 0.6 is 15.9 Å². The van der Waals surface area contributed by atoms with Gasteiger partial charge in [-0.3, -0.25) is 0 Å². The highest BCUT2D eigenvalue weighted by Gasteiger charge is 2.11. The first-order valence-electron chi connectivity index (χ1n) is 5.61. The molecule has 1 aromatic rings. The molecule has 1 aromatic carbocycles. The van der Waals surface area contributed by atoms with E-state index in [9.17, 15) is 0 Å². The Morgan fingerprint density at radius 1 is 1.44 bits per heavy atom. The molecule has 1 N–H and O–H groups in total. The van der Waals surface area contributed by atoms with Crippen molar-refractivity contribution in [1.82, 2.24) is 5.32 Å². The fourth-order valence-corrected chi connectivity index (χ4v) is 2.25. The Hall–Kier alpha value is -0.380. The molecule has 0 aliphatic heterocycles. The molecule has 0 aromatic heterocycles. The van der Waals surface area contributed by atoms with E-state index in [-0.39, 0.29) is 0 Å². The third-order valence-corrected chi connectivity index (χ3v) is 3.30. The summed E-state index contributed by atoms with van der Waals surface area (Å²) in [5.74, 6) is 0. The van der Waals surface area contributed by atoms with E-state index in [2.05, 4.69) is 46.4 Å². The number of aryl methyl sites for hydroxylation is 1. The van der Waals surface area contributed by atoms with Crippen LogP contribution in [-0.2, 0) is 4.74 Å². The first-order chi connectivity index (χ1) is 7.69. The van der Waals surface area contributed by atoms with Crippen LogP contribution in [0, 0.1) is 6.92 Å². The van der Waals surface area contributed by atoms with Crippen molar-refractivity contribution in [3.63, 3.8) is 0 Å². The molecule has 0 saturated carbocycles. The molecule has 0 fully saturated rings. The molecule has 1 rings (SSSR count). The first kappa shape index (κ1) is 13.7. The maximum Gasteiger partial charge on any atom is 0.0462 e. The number of rotatable bonds is 6. The lowest BCUT2D eigenvalue weighted by Gasteiger charge is -2.19. The fourth-order valence-electron chi connectivity index (χ4n) is 1.87. The van der Waals surface area contributed by atoms with Gasteiger partial charge in [0.25, 0.3) is 0 Å². The largest absolute Gasteiger partial charge is 0.385 e. The highest BCUT2D eigenvalue weighted by Crippen LogP contribution is 2.25. The Morgan fingerprint density at radius 2 is 2.19 bits per heavy atom. The maximum absolute atomic E-state index is 5.09. The Labute approximate surface area is 107 Å². The Balaban J connectivity index is 2.73. The van der Waals surface area contributed by atoms with Crippen LogP contribution in [0.15, 0.2) is 22.7 Å². The molecule has 0 saturated heterocycles. The van der Waals surface area contributed by atoms with E-state index < -0.39 is 0 Å². The predicted molar refractivity (Wildman–Crippen MR) is 71.8 cm³/mol. The van der Waals surface area contributed by atoms with Crippen LogP contribution in [0.25, 0.3) is 0 Å². The molecule has 0 heterocycles. The van der Waals surface area contributed by atoms with Gasteiger partial charge in [0, 0.05) is 24.2 Å². The van der Waals surface area contributed by atoms with Crippen molar-refractivity contribution >= 4 is 15.9 Å². The fraction of sp³-hybridized carbons (Fsp3) is 0.538. The van der Waals surface area contributed by atoms with Crippen molar-refractivity contribution in [3.8, 4) is 0 Å². The summed E-state index contributed by atoms with van der Waals surface area (Å²) in [7, 11) is 3.76. The zero-order valence-corrected chi connectivity index (χ0v) is 11.8. The highest BCUT2D eigenvalue weighted by atomic mass is 79.9. The van der Waals surface area contributed by atoms with Gasteiger partial charge in [0.1, 0.15) is 0 Å². The molecule has 2 nitrogen and oxygen atoms in total. The Morgan fingerprint density at radius 3 is 2.81 bits per heavy atom. The van der Waals surface area contributed by atoms with Crippen LogP contribution in [0.3, 0.4) is 0 Å². The van der Waals surface area contributed by atoms with Gasteiger partial charge in [-0.1, -0.05) is 22.0 Å². The van der Waals surface area contributed by atoms with Gasteiger partial charge < -0.3 is 10.1 Å². The van der Waals surface area contributed by atoms with E-state index in [1.165, 1.54) is 11.1 Å². The minimum atomic E-state index is 0.410. The normalized spacial score (nSPS) is 12.8. The Kier molecular flexibility index (Phi) is 6.03. The van der Waals surface area contributed by atoms with Crippen molar-refractivity contribution in [2.24, 2.45) is 0 Å². The maximum atomic E-state index is 5.09. The average molecular weight is 286 g/mol. The number of benzene rings is 1. The summed E-state index contributed by atoms with van der Waals surface area (Å²) in [6.07, 6.45) is 2.18. The second-order valence-electron chi connectivity index (χ2n) is 3.98. The van der Waals surface area contributed by atoms with Gasteiger partial charge in [-0.25, -0.2) is 0 Å². The summed E-state index contributed by atoms with van der Waals surface area (Å²) in [5.41, 5.74) is 2.70. The second kappa shape index (κ2) is 7.05. The van der Waals surface area contributed by atoms with E-state index in [4.69, 9.17) is 4.74 Å². The van der Waals surface area contributed by atoms with Gasteiger partial charge >= 0.3 is 0 Å². The molecule has 1 atom stereocenters. The van der Waals surface area contributed by atoms with Gasteiger partial charge in [-0.2, -0.15) is 0 Å². The zero-order valence-electron chi connectivity index (χ0n) is 10.2. The molecule has 90 valence electrons. The minimum absolute atomic E-state index is 0.410. The molecule has 0 radical (unpaired) electrons. The van der Waals surface area contributed by atoms with Gasteiger partial charge in [0.2, 0.25) is 0 Å². The molecular weight excluding hydrogens is 266 g/mol. The van der Waals surface area contributed by atoms with Crippen molar-refractivity contribution in [2.45, 2.75) is 25.8 Å². The summed E-state index contributed by atoms with van der Waals surface area (Å²) < 4.78 is 6.23. The lowest BCUT2D eigenvalue weighted by molar-refractivity contribution is 0.189. The van der Waals surface area contributed by atoms with Crippen LogP contribution in [0.5, 0.6) is 0 Å². The van der Waals surface area contributed by atoms with Crippen molar-refractivity contribution in [1.29, 1.82) is 0 Å². The third kappa shape index (κ3) is 3.89. The van der Waals surface area contributed by atoms with Crippen molar-refractivity contribution in [3.05, 3.63) is 33.8 Å². The lowest BCUT2D eigenvalue weighted by atomic mass is 9.98. The number of hydrogen-bond acceptors (Lipinski definition) is 2. The summed E-state index contributed by atoms with van der Waals surface area (Å²) in [6, 6.07) is 6.84. The van der Waals surface area contributed by atoms with Crippen molar-refractivity contribution < 1.29 is 4.74 Å². The van der Waals surface area contributed by atoms with Crippen LogP contribution in [0.4, 0.5) is 0 Å². The molecule has 0 amide bonds. The van der Waals surface area contributed by atoms with Crippen LogP contribution in [0.2, 0.25) is 0 Å². The highest BCUT2D eigenvalue weighted by molar-refractivity contribution is 9.10. The van der Waals surface area contributed by atoms with E-state index in [1.54, 1.807) is 7.11 Å². The van der Waals surface area contributed by atoms with Gasteiger partial charge in [-0.05, 0) is 50.1 Å². The topological polar surface area (TPSA) is 21.3 Å². The second-order valence-corrected chi connectivity index (χ2v) is 4.89. The molecular formula is C13H20BrNO. The molecule has 0 aliphatic rings. The molecule has 3 heteroatoms. The number of methoxy groups -OCH3 is 1. The van der Waals surface area contributed by atoms with E-state index >= 15 is 0 Å². The molecule has 1 unspecified atom stereocenters. The van der Waals surface area contributed by atoms with E-state index in [1.807, 2.05) is 7.05 Å². The lowest BCUT2D eigenvalue weighted by Crippen LogP contribution is -2.18. The molecule has 16 heavy (non-hydrogen) atoms. The quantitative estimate of drug-likeness (QED) is 0.809. The summed E-state index contributed by atoms with van der Waals surface area (Å²) >= 11 is 3.52. The van der Waals surface area contributed by atoms with E-state index in [0.29, 0.717) is 6.04 Å². The van der Waals surface area contributed by atoms with Crippen LogP contribution < -0.4 is 5.32 Å². The first-order valence-corrected chi connectivity index (χ1v) is 6.40. The standard InChI is InChI=1S/C13H20BrNO/c1-10-6-7-11(14)9-12(10)13(15-2)5-4-8-16-3/h6-7,9,13,15H,4-5,8H2,1-3H3. The van der Waals surface area contributed by atoms with Gasteiger partial charge in [-0.15, -0.1) is 0 Å². The molecule has 0 spiro atoms. The monoisotopic (exact) mass is 285 g/mol. The SMILES string of the molecule is CNC(CCCOC)c1cc(Br)ccc1C. The number of hydrogen-bond donors (Lipinski definition) is 1. The smallest absolute Gasteiger partial charge is 0.0462 e. The number of halogens is 1. The van der Waals surface area contributed by atoms with Gasteiger partial charge in [0.05, 0.1) is 0 Å². The zero-order chi connectivity index (χ0) is 12.0. The summed E-state index contributed by atoms with van der Waals surface area (Å²) in [6.45, 7) is 2.98.